The van der Waals surface area contributed by atoms with Gasteiger partial charge >= 0.3 is 5.69 Å². The number of rotatable bonds is 4. The van der Waals surface area contributed by atoms with E-state index in [4.69, 9.17) is 0 Å². The number of hydrogen-bond donors (Lipinski definition) is 1. The maximum atomic E-state index is 14.7. The normalized spacial score (nSPS) is 21.4. The molecule has 0 radical (unpaired) electrons. The summed E-state index contributed by atoms with van der Waals surface area (Å²) in [6.07, 6.45) is 0.879. The monoisotopic (exact) mass is 597 g/mol. The van der Waals surface area contributed by atoms with Crippen molar-refractivity contribution in [1.29, 1.82) is 0 Å². The molecule has 0 saturated carbocycles. The van der Waals surface area contributed by atoms with E-state index < -0.39 is 17.6 Å². The van der Waals surface area contributed by atoms with Gasteiger partial charge in [0.25, 0.3) is 5.91 Å². The Balaban J connectivity index is 1.12. The van der Waals surface area contributed by atoms with Crippen molar-refractivity contribution in [2.45, 2.75) is 43.4 Å². The lowest BCUT2D eigenvalue weighted by atomic mass is 9.74. The van der Waals surface area contributed by atoms with Gasteiger partial charge in [0.2, 0.25) is 5.91 Å². The number of aliphatic hydroxyl groups excluding tert-OH is 1. The molecule has 9 nitrogen and oxygen atoms in total. The van der Waals surface area contributed by atoms with Crippen LogP contribution >= 0.6 is 0 Å². The van der Waals surface area contributed by atoms with Crippen molar-refractivity contribution in [3.05, 3.63) is 99.7 Å². The lowest BCUT2D eigenvalue weighted by molar-refractivity contribution is -0.125. The third kappa shape index (κ3) is 4.55. The Morgan fingerprint density at radius 2 is 1.66 bits per heavy atom. The number of carbonyl (C=O) groups is 2. The number of carbonyl (C=O) groups excluding carboxylic acids is 2. The number of aliphatic hydroxyl groups is 1. The zero-order valence-corrected chi connectivity index (χ0v) is 24.9. The number of nitrogens with zero attached hydrogens (tertiary/aromatic N) is 5. The average molecular weight is 598 g/mol. The number of fused-ring (bicyclic) bond motifs is 3. The van der Waals surface area contributed by atoms with Gasteiger partial charge in [-0.1, -0.05) is 30.3 Å². The van der Waals surface area contributed by atoms with Gasteiger partial charge in [0.05, 0.1) is 17.1 Å². The highest BCUT2D eigenvalue weighted by atomic mass is 19.1. The van der Waals surface area contributed by atoms with Crippen LogP contribution in [0.5, 0.6) is 0 Å². The van der Waals surface area contributed by atoms with Gasteiger partial charge < -0.3 is 14.9 Å². The number of anilines is 1. The molecule has 3 aromatic carbocycles. The molecule has 0 unspecified atom stereocenters. The van der Waals surface area contributed by atoms with E-state index in [-0.39, 0.29) is 23.3 Å². The Hall–Kier alpha value is -4.28. The van der Waals surface area contributed by atoms with Crippen LogP contribution in [0.15, 0.2) is 71.5 Å². The summed E-state index contributed by atoms with van der Waals surface area (Å²) in [7, 11) is 3.40. The SMILES string of the molecule is Cn1c(=O)n(C)c2cc(C(=O)N3CCC4(CC3)CN(C(=O)[C@H]3[C@@H](O)CCN3Cc3ccccc3)c3ccc(F)cc34)ccc21. The number of aryl methyl sites for hydroxylation is 2. The van der Waals surface area contributed by atoms with E-state index in [0.29, 0.717) is 68.8 Å². The van der Waals surface area contributed by atoms with Crippen LogP contribution in [-0.4, -0.2) is 74.2 Å². The van der Waals surface area contributed by atoms with Gasteiger partial charge in [0.15, 0.2) is 0 Å². The topological polar surface area (TPSA) is 91.0 Å². The summed E-state index contributed by atoms with van der Waals surface area (Å²) < 4.78 is 17.8. The highest BCUT2D eigenvalue weighted by Crippen LogP contribution is 2.48. The molecule has 1 aromatic heterocycles. The summed E-state index contributed by atoms with van der Waals surface area (Å²) in [4.78, 5) is 45.7. The number of benzene rings is 3. The summed E-state index contributed by atoms with van der Waals surface area (Å²) in [5.41, 5.74) is 3.88. The van der Waals surface area contributed by atoms with Gasteiger partial charge in [-0.05, 0) is 66.8 Å². The molecule has 0 aliphatic carbocycles. The van der Waals surface area contributed by atoms with E-state index >= 15 is 0 Å². The van der Waals surface area contributed by atoms with Gasteiger partial charge in [-0.3, -0.25) is 23.6 Å². The molecule has 1 N–H and O–H groups in total. The quantitative estimate of drug-likeness (QED) is 0.391. The van der Waals surface area contributed by atoms with E-state index in [1.165, 1.54) is 16.7 Å². The first-order valence-corrected chi connectivity index (χ1v) is 15.2. The minimum absolute atomic E-state index is 0.117. The maximum absolute atomic E-state index is 14.7. The fourth-order valence-electron chi connectivity index (χ4n) is 7.54. The van der Waals surface area contributed by atoms with Crippen molar-refractivity contribution >= 4 is 28.5 Å². The fraction of sp³-hybridized carbons (Fsp3) is 0.382. The van der Waals surface area contributed by atoms with Crippen LogP contribution in [0.3, 0.4) is 0 Å². The first-order chi connectivity index (χ1) is 21.2. The lowest BCUT2D eigenvalue weighted by Crippen LogP contribution is -2.52. The van der Waals surface area contributed by atoms with E-state index in [1.54, 1.807) is 52.7 Å². The number of hydrogen-bond acceptors (Lipinski definition) is 5. The number of likely N-dealkylation sites (tertiary alicyclic amines) is 2. The molecule has 10 heteroatoms. The Labute approximate surface area is 254 Å². The molecule has 3 aliphatic heterocycles. The van der Waals surface area contributed by atoms with Crippen molar-refractivity contribution < 1.29 is 19.1 Å². The molecule has 228 valence electrons. The molecule has 7 rings (SSSR count). The average Bonchev–Trinajstić information content (AvgIpc) is 3.63. The smallest absolute Gasteiger partial charge is 0.328 e. The van der Waals surface area contributed by atoms with Gasteiger partial charge in [-0.15, -0.1) is 0 Å². The Morgan fingerprint density at radius 3 is 2.41 bits per heavy atom. The molecule has 4 aromatic rings. The lowest BCUT2D eigenvalue weighted by Gasteiger charge is -2.40. The zero-order chi connectivity index (χ0) is 30.7. The predicted octanol–water partition coefficient (Wildman–Crippen LogP) is 3.17. The largest absolute Gasteiger partial charge is 0.391 e. The molecule has 44 heavy (non-hydrogen) atoms. The second kappa shape index (κ2) is 10.7. The highest BCUT2D eigenvalue weighted by Gasteiger charge is 2.50. The third-order valence-electron chi connectivity index (χ3n) is 10.0. The summed E-state index contributed by atoms with van der Waals surface area (Å²) in [6, 6.07) is 19.1. The minimum atomic E-state index is -0.785. The van der Waals surface area contributed by atoms with E-state index in [2.05, 4.69) is 0 Å². The second-order valence-corrected chi connectivity index (χ2v) is 12.5. The molecule has 2 atom stereocenters. The number of halogens is 1. The molecule has 1 spiro atoms. The Bertz CT molecular complexity index is 1820. The fourth-order valence-corrected chi connectivity index (χ4v) is 7.54. The molecule has 3 aliphatic rings. The number of aromatic nitrogens is 2. The van der Waals surface area contributed by atoms with Crippen molar-refractivity contribution in [1.82, 2.24) is 18.9 Å². The van der Waals surface area contributed by atoms with Crippen LogP contribution in [-0.2, 0) is 30.8 Å². The van der Waals surface area contributed by atoms with Crippen molar-refractivity contribution in [3.8, 4) is 0 Å². The standard InChI is InChI=1S/C34H36FN5O4/c1-36-27-10-8-23(18-28(27)37(2)33(36)44)31(42)38-16-13-34(14-17-38)21-40(26-11-9-24(35)19-25(26)34)32(43)30-29(41)12-15-39(30)20-22-6-4-3-5-7-22/h3-11,18-19,29-30,41H,12-17,20-21H2,1-2H3/t29-,30+/m0/s1. The summed E-state index contributed by atoms with van der Waals surface area (Å²) in [5, 5.41) is 11.0. The molecule has 4 heterocycles. The van der Waals surface area contributed by atoms with Crippen LogP contribution in [0.4, 0.5) is 10.1 Å². The molecule has 0 bridgehead atoms. The summed E-state index contributed by atoms with van der Waals surface area (Å²) in [6.45, 7) is 2.46. The van der Waals surface area contributed by atoms with Crippen molar-refractivity contribution in [3.63, 3.8) is 0 Å². The highest BCUT2D eigenvalue weighted by molar-refractivity contribution is 6.01. The maximum Gasteiger partial charge on any atom is 0.328 e. The van der Waals surface area contributed by atoms with E-state index in [0.717, 1.165) is 16.6 Å². The van der Waals surface area contributed by atoms with Gasteiger partial charge in [-0.25, -0.2) is 9.18 Å². The minimum Gasteiger partial charge on any atom is -0.391 e. The molecular weight excluding hydrogens is 561 g/mol. The van der Waals surface area contributed by atoms with Crippen LogP contribution < -0.4 is 10.6 Å². The molecule has 2 fully saturated rings. The van der Waals surface area contributed by atoms with E-state index in [1.807, 2.05) is 35.2 Å². The van der Waals surface area contributed by atoms with E-state index in [9.17, 15) is 23.9 Å². The first-order valence-electron chi connectivity index (χ1n) is 15.2. The zero-order valence-electron chi connectivity index (χ0n) is 24.9. The first kappa shape index (κ1) is 28.5. The summed E-state index contributed by atoms with van der Waals surface area (Å²) in [5.74, 6) is -0.644. The van der Waals surface area contributed by atoms with Gasteiger partial charge in [0.1, 0.15) is 11.9 Å². The van der Waals surface area contributed by atoms with Crippen LogP contribution in [0, 0.1) is 5.82 Å². The van der Waals surface area contributed by atoms with Crippen LogP contribution in [0.2, 0.25) is 0 Å². The third-order valence-corrected chi connectivity index (χ3v) is 10.0. The second-order valence-electron chi connectivity index (χ2n) is 12.5. The summed E-state index contributed by atoms with van der Waals surface area (Å²) >= 11 is 0. The number of amides is 2. The molecular formula is C34H36FN5O4. The van der Waals surface area contributed by atoms with Crippen LogP contribution in [0.25, 0.3) is 11.0 Å². The van der Waals surface area contributed by atoms with Gasteiger partial charge in [-0.2, -0.15) is 0 Å². The van der Waals surface area contributed by atoms with Crippen molar-refractivity contribution in [2.24, 2.45) is 14.1 Å². The molecule has 2 saturated heterocycles. The predicted molar refractivity (Wildman–Crippen MR) is 165 cm³/mol. The Morgan fingerprint density at radius 1 is 0.932 bits per heavy atom. The number of imidazole rings is 1. The van der Waals surface area contributed by atoms with Crippen LogP contribution in [0.1, 0.15) is 40.7 Å². The van der Waals surface area contributed by atoms with Gasteiger partial charge in [0, 0.05) is 63.5 Å². The Kier molecular flexibility index (Phi) is 6.93. The molecule has 2 amide bonds. The van der Waals surface area contributed by atoms with Crippen molar-refractivity contribution in [2.75, 3.05) is 31.1 Å². The number of piperidine rings is 1.